The summed E-state index contributed by atoms with van der Waals surface area (Å²) < 4.78 is 14.8. The smallest absolute Gasteiger partial charge is 0.306 e. The average molecular weight is 281 g/mol. The lowest BCUT2D eigenvalue weighted by molar-refractivity contribution is -0.141. The molecule has 1 aromatic rings. The third kappa shape index (κ3) is 4.15. The van der Waals surface area contributed by atoms with Crippen molar-refractivity contribution in [3.05, 3.63) is 17.7 Å². The first-order chi connectivity index (χ1) is 9.51. The minimum Gasteiger partial charge on any atom is -0.493 e. The summed E-state index contributed by atoms with van der Waals surface area (Å²) in [6, 6.07) is 3.46. The fourth-order valence-electron chi connectivity index (χ4n) is 1.65. The van der Waals surface area contributed by atoms with E-state index in [1.807, 2.05) is 6.92 Å². The van der Waals surface area contributed by atoms with Crippen LogP contribution in [-0.4, -0.2) is 33.2 Å². The first-order valence-electron chi connectivity index (χ1n) is 6.11. The molecule has 0 bridgehead atoms. The summed E-state index contributed by atoms with van der Waals surface area (Å²) in [5.41, 5.74) is 1.46. The van der Waals surface area contributed by atoms with Crippen molar-refractivity contribution in [2.75, 3.05) is 26.6 Å². The maximum Gasteiger partial charge on any atom is 0.306 e. The van der Waals surface area contributed by atoms with Crippen LogP contribution >= 0.6 is 0 Å². The normalized spacial score (nSPS) is 9.80. The highest BCUT2D eigenvalue weighted by molar-refractivity contribution is 5.93. The summed E-state index contributed by atoms with van der Waals surface area (Å²) in [7, 11) is 4.36. The summed E-state index contributed by atoms with van der Waals surface area (Å²) in [4.78, 5) is 22.7. The molecule has 0 unspecified atom stereocenters. The molecule has 0 spiro atoms. The lowest BCUT2D eigenvalue weighted by Crippen LogP contribution is -2.14. The molecule has 1 N–H and O–H groups in total. The molecule has 0 saturated heterocycles. The average Bonchev–Trinajstić information content (AvgIpc) is 2.46. The van der Waals surface area contributed by atoms with Gasteiger partial charge in [0.15, 0.2) is 11.5 Å². The number of hydrogen-bond donors (Lipinski definition) is 1. The quantitative estimate of drug-likeness (QED) is 0.806. The molecular formula is C14H19NO5. The number of carbonyl (C=O) groups excluding carboxylic acids is 2. The number of aryl methyl sites for hydroxylation is 1. The molecule has 0 radical (unpaired) electrons. The van der Waals surface area contributed by atoms with Gasteiger partial charge in [-0.2, -0.15) is 0 Å². The minimum atomic E-state index is -0.413. The molecule has 1 amide bonds. The molecule has 110 valence electrons. The van der Waals surface area contributed by atoms with Crippen LogP contribution in [0.15, 0.2) is 12.1 Å². The molecular weight excluding hydrogens is 262 g/mol. The Morgan fingerprint density at radius 1 is 1.05 bits per heavy atom. The van der Waals surface area contributed by atoms with E-state index in [-0.39, 0.29) is 18.7 Å². The summed E-state index contributed by atoms with van der Waals surface area (Å²) in [5, 5.41) is 2.73. The maximum absolute atomic E-state index is 11.7. The lowest BCUT2D eigenvalue weighted by atomic mass is 10.1. The molecule has 0 aromatic heterocycles. The summed E-state index contributed by atoms with van der Waals surface area (Å²) >= 11 is 0. The third-order valence-electron chi connectivity index (χ3n) is 2.79. The van der Waals surface area contributed by atoms with E-state index in [1.165, 1.54) is 14.2 Å². The Hall–Kier alpha value is -2.24. The van der Waals surface area contributed by atoms with E-state index < -0.39 is 5.97 Å². The van der Waals surface area contributed by atoms with Gasteiger partial charge in [0.1, 0.15) is 0 Å². The maximum atomic E-state index is 11.7. The van der Waals surface area contributed by atoms with Crippen molar-refractivity contribution in [3.63, 3.8) is 0 Å². The van der Waals surface area contributed by atoms with Gasteiger partial charge in [0.25, 0.3) is 0 Å². The van der Waals surface area contributed by atoms with E-state index >= 15 is 0 Å². The van der Waals surface area contributed by atoms with Crippen LogP contribution in [0.25, 0.3) is 0 Å². The van der Waals surface area contributed by atoms with Crippen LogP contribution in [0.5, 0.6) is 11.5 Å². The van der Waals surface area contributed by atoms with E-state index in [9.17, 15) is 9.59 Å². The van der Waals surface area contributed by atoms with E-state index in [2.05, 4.69) is 10.1 Å². The topological polar surface area (TPSA) is 73.9 Å². The lowest BCUT2D eigenvalue weighted by Gasteiger charge is -2.13. The van der Waals surface area contributed by atoms with Crippen molar-refractivity contribution >= 4 is 17.6 Å². The number of rotatable bonds is 6. The molecule has 1 rings (SSSR count). The van der Waals surface area contributed by atoms with Gasteiger partial charge in [-0.1, -0.05) is 0 Å². The zero-order valence-corrected chi connectivity index (χ0v) is 12.1. The number of amides is 1. The zero-order chi connectivity index (χ0) is 15.1. The Labute approximate surface area is 118 Å². The fraction of sp³-hybridized carbons (Fsp3) is 0.429. The van der Waals surface area contributed by atoms with Crippen LogP contribution in [0.1, 0.15) is 18.4 Å². The second kappa shape index (κ2) is 7.37. The van der Waals surface area contributed by atoms with Crippen molar-refractivity contribution in [1.82, 2.24) is 0 Å². The molecule has 20 heavy (non-hydrogen) atoms. The van der Waals surface area contributed by atoms with Crippen molar-refractivity contribution in [3.8, 4) is 11.5 Å². The Kier molecular flexibility index (Phi) is 5.83. The van der Waals surface area contributed by atoms with E-state index in [1.54, 1.807) is 19.2 Å². The molecule has 1 aromatic carbocycles. The van der Waals surface area contributed by atoms with Gasteiger partial charge in [0.05, 0.1) is 27.8 Å². The van der Waals surface area contributed by atoms with E-state index in [0.29, 0.717) is 17.2 Å². The molecule has 0 saturated carbocycles. The number of benzene rings is 1. The van der Waals surface area contributed by atoms with Gasteiger partial charge in [-0.05, 0) is 18.6 Å². The van der Waals surface area contributed by atoms with Crippen LogP contribution < -0.4 is 14.8 Å². The zero-order valence-electron chi connectivity index (χ0n) is 12.1. The Morgan fingerprint density at radius 3 is 2.20 bits per heavy atom. The van der Waals surface area contributed by atoms with Gasteiger partial charge in [-0.3, -0.25) is 9.59 Å². The molecule has 0 aliphatic carbocycles. The monoisotopic (exact) mass is 281 g/mol. The van der Waals surface area contributed by atoms with Gasteiger partial charge in [-0.25, -0.2) is 0 Å². The Morgan fingerprint density at radius 2 is 1.65 bits per heavy atom. The molecule has 0 aliphatic rings. The van der Waals surface area contributed by atoms with E-state index in [4.69, 9.17) is 9.47 Å². The van der Waals surface area contributed by atoms with Crippen molar-refractivity contribution in [2.45, 2.75) is 19.8 Å². The predicted molar refractivity (Wildman–Crippen MR) is 74.2 cm³/mol. The highest BCUT2D eigenvalue weighted by Gasteiger charge is 2.12. The van der Waals surface area contributed by atoms with Crippen molar-refractivity contribution < 1.29 is 23.8 Å². The number of ether oxygens (including phenoxy) is 3. The van der Waals surface area contributed by atoms with Gasteiger partial charge in [0.2, 0.25) is 5.91 Å². The third-order valence-corrected chi connectivity index (χ3v) is 2.79. The van der Waals surface area contributed by atoms with Crippen LogP contribution in [-0.2, 0) is 14.3 Å². The molecule has 6 heteroatoms. The number of anilines is 1. The molecule has 0 heterocycles. The summed E-state index contributed by atoms with van der Waals surface area (Å²) in [6.45, 7) is 1.85. The van der Waals surface area contributed by atoms with Crippen molar-refractivity contribution in [2.24, 2.45) is 0 Å². The summed E-state index contributed by atoms with van der Waals surface area (Å²) in [6.07, 6.45) is 0.120. The molecule has 0 atom stereocenters. The highest BCUT2D eigenvalue weighted by Crippen LogP contribution is 2.32. The number of hydrogen-bond acceptors (Lipinski definition) is 5. The Bertz CT molecular complexity index is 499. The first kappa shape index (κ1) is 15.8. The molecule has 0 aliphatic heterocycles. The second-order valence-corrected chi connectivity index (χ2v) is 4.15. The second-order valence-electron chi connectivity index (χ2n) is 4.15. The standard InChI is InChI=1S/C14H19NO5/c1-9-7-11(18-2)12(19-3)8-10(9)15-13(16)5-6-14(17)20-4/h7-8H,5-6H2,1-4H3,(H,15,16). The van der Waals surface area contributed by atoms with Crippen LogP contribution in [0.3, 0.4) is 0 Å². The van der Waals surface area contributed by atoms with Crippen LogP contribution in [0.4, 0.5) is 5.69 Å². The van der Waals surface area contributed by atoms with Gasteiger partial charge in [0, 0.05) is 18.2 Å². The van der Waals surface area contributed by atoms with Gasteiger partial charge in [-0.15, -0.1) is 0 Å². The summed E-state index contributed by atoms with van der Waals surface area (Å²) in [5.74, 6) is 0.453. The fourth-order valence-corrected chi connectivity index (χ4v) is 1.65. The number of methoxy groups -OCH3 is 3. The Balaban J connectivity index is 2.77. The highest BCUT2D eigenvalue weighted by atomic mass is 16.5. The SMILES string of the molecule is COC(=O)CCC(=O)Nc1cc(OC)c(OC)cc1C. The number of esters is 1. The molecule has 6 nitrogen and oxygen atoms in total. The van der Waals surface area contributed by atoms with Crippen LogP contribution in [0, 0.1) is 6.92 Å². The number of carbonyl (C=O) groups is 2. The van der Waals surface area contributed by atoms with E-state index in [0.717, 1.165) is 5.56 Å². The predicted octanol–water partition coefficient (Wildman–Crippen LogP) is 1.90. The minimum absolute atomic E-state index is 0.0503. The first-order valence-corrected chi connectivity index (χ1v) is 6.11. The van der Waals surface area contributed by atoms with Crippen LogP contribution in [0.2, 0.25) is 0 Å². The van der Waals surface area contributed by atoms with Gasteiger partial charge < -0.3 is 19.5 Å². The largest absolute Gasteiger partial charge is 0.493 e. The van der Waals surface area contributed by atoms with Gasteiger partial charge >= 0.3 is 5.97 Å². The number of nitrogens with one attached hydrogen (secondary N) is 1. The molecule has 0 fully saturated rings. The van der Waals surface area contributed by atoms with Crippen molar-refractivity contribution in [1.29, 1.82) is 0 Å².